The summed E-state index contributed by atoms with van der Waals surface area (Å²) in [7, 11) is 2.18. The van der Waals surface area contributed by atoms with E-state index in [9.17, 15) is 0 Å². The lowest BCUT2D eigenvalue weighted by Crippen LogP contribution is -2.32. The zero-order valence-corrected chi connectivity index (χ0v) is 9.71. The van der Waals surface area contributed by atoms with E-state index < -0.39 is 0 Å². The monoisotopic (exact) mass is 186 g/mol. The number of nitrogens with zero attached hydrogens (tertiary/aromatic N) is 1. The van der Waals surface area contributed by atoms with Gasteiger partial charge in [-0.3, -0.25) is 0 Å². The molecule has 0 aromatic heterocycles. The van der Waals surface area contributed by atoms with Crippen LogP contribution in [-0.2, 0) is 0 Å². The van der Waals surface area contributed by atoms with Crippen molar-refractivity contribution >= 4 is 0 Å². The highest BCUT2D eigenvalue weighted by molar-refractivity contribution is 4.67. The molecule has 2 heteroatoms. The van der Waals surface area contributed by atoms with Crippen molar-refractivity contribution in [3.8, 4) is 0 Å². The molecule has 0 aliphatic heterocycles. The number of hydrogen-bond acceptors (Lipinski definition) is 2. The summed E-state index contributed by atoms with van der Waals surface area (Å²) in [6, 6.07) is 0.365. The van der Waals surface area contributed by atoms with Crippen LogP contribution in [0.2, 0.25) is 0 Å². The summed E-state index contributed by atoms with van der Waals surface area (Å²) in [5.41, 5.74) is 5.97. The van der Waals surface area contributed by atoms with Gasteiger partial charge in [-0.2, -0.15) is 0 Å². The SMILES string of the molecule is CCCCN(C)CC[C@H](N)C(C)C. The molecule has 1 atom stereocenters. The molecular weight excluding hydrogens is 160 g/mol. The smallest absolute Gasteiger partial charge is 0.00740 e. The van der Waals surface area contributed by atoms with Crippen molar-refractivity contribution in [3.05, 3.63) is 0 Å². The van der Waals surface area contributed by atoms with Crippen molar-refractivity contribution in [2.24, 2.45) is 11.7 Å². The first-order chi connectivity index (χ1) is 6.07. The molecule has 0 aliphatic rings. The minimum Gasteiger partial charge on any atom is -0.327 e. The summed E-state index contributed by atoms with van der Waals surface area (Å²) in [6.45, 7) is 8.96. The number of hydrogen-bond donors (Lipinski definition) is 1. The van der Waals surface area contributed by atoms with Crippen molar-refractivity contribution in [2.75, 3.05) is 20.1 Å². The molecule has 0 unspecified atom stereocenters. The Morgan fingerprint density at radius 2 is 1.85 bits per heavy atom. The number of unbranched alkanes of at least 4 members (excludes halogenated alkanes) is 1. The molecule has 0 heterocycles. The van der Waals surface area contributed by atoms with Crippen LogP contribution in [-0.4, -0.2) is 31.1 Å². The summed E-state index contributed by atoms with van der Waals surface area (Å²) >= 11 is 0. The predicted molar refractivity (Wildman–Crippen MR) is 59.8 cm³/mol. The van der Waals surface area contributed by atoms with Crippen molar-refractivity contribution < 1.29 is 0 Å². The Morgan fingerprint density at radius 3 is 2.31 bits per heavy atom. The summed E-state index contributed by atoms with van der Waals surface area (Å²) in [5.74, 6) is 0.611. The lowest BCUT2D eigenvalue weighted by Gasteiger charge is -2.20. The zero-order chi connectivity index (χ0) is 10.3. The molecule has 80 valence electrons. The average Bonchev–Trinajstić information content (AvgIpc) is 2.10. The van der Waals surface area contributed by atoms with Crippen LogP contribution in [0, 0.1) is 5.92 Å². The van der Waals surface area contributed by atoms with Crippen molar-refractivity contribution in [3.63, 3.8) is 0 Å². The minimum absolute atomic E-state index is 0.365. The molecule has 0 rings (SSSR count). The maximum atomic E-state index is 5.97. The fourth-order valence-corrected chi connectivity index (χ4v) is 1.24. The third-order valence-corrected chi connectivity index (χ3v) is 2.59. The Hall–Kier alpha value is -0.0800. The Labute approximate surface area is 83.5 Å². The van der Waals surface area contributed by atoms with E-state index >= 15 is 0 Å². The van der Waals surface area contributed by atoms with Gasteiger partial charge < -0.3 is 10.6 Å². The van der Waals surface area contributed by atoms with Gasteiger partial charge in [0.15, 0.2) is 0 Å². The maximum Gasteiger partial charge on any atom is 0.00740 e. The molecule has 0 saturated carbocycles. The third kappa shape index (κ3) is 7.03. The fraction of sp³-hybridized carbons (Fsp3) is 1.00. The average molecular weight is 186 g/mol. The lowest BCUT2D eigenvalue weighted by molar-refractivity contribution is 0.298. The molecule has 2 N–H and O–H groups in total. The quantitative estimate of drug-likeness (QED) is 0.659. The number of rotatable bonds is 7. The maximum absolute atomic E-state index is 5.97. The first-order valence-electron chi connectivity index (χ1n) is 5.52. The second-order valence-electron chi connectivity index (χ2n) is 4.35. The van der Waals surface area contributed by atoms with Gasteiger partial charge in [0.1, 0.15) is 0 Å². The van der Waals surface area contributed by atoms with Crippen molar-refractivity contribution in [2.45, 2.75) is 46.1 Å². The van der Waals surface area contributed by atoms with Gasteiger partial charge in [0.2, 0.25) is 0 Å². The van der Waals surface area contributed by atoms with E-state index in [1.807, 2.05) is 0 Å². The van der Waals surface area contributed by atoms with Gasteiger partial charge in [-0.25, -0.2) is 0 Å². The summed E-state index contributed by atoms with van der Waals surface area (Å²) in [4.78, 5) is 2.38. The molecule has 0 fully saturated rings. The van der Waals surface area contributed by atoms with Gasteiger partial charge >= 0.3 is 0 Å². The molecular formula is C11H26N2. The van der Waals surface area contributed by atoms with E-state index in [0.29, 0.717) is 12.0 Å². The van der Waals surface area contributed by atoms with E-state index in [-0.39, 0.29) is 0 Å². The zero-order valence-electron chi connectivity index (χ0n) is 9.71. The van der Waals surface area contributed by atoms with Gasteiger partial charge in [0.25, 0.3) is 0 Å². The van der Waals surface area contributed by atoms with Gasteiger partial charge in [-0.05, 0) is 38.9 Å². The van der Waals surface area contributed by atoms with Gasteiger partial charge in [-0.15, -0.1) is 0 Å². The Balaban J connectivity index is 3.40. The van der Waals surface area contributed by atoms with E-state index in [2.05, 4.69) is 32.7 Å². The lowest BCUT2D eigenvalue weighted by atomic mass is 10.0. The summed E-state index contributed by atoms with van der Waals surface area (Å²) < 4.78 is 0. The van der Waals surface area contributed by atoms with Crippen LogP contribution in [0.25, 0.3) is 0 Å². The van der Waals surface area contributed by atoms with Crippen molar-refractivity contribution in [1.29, 1.82) is 0 Å². The van der Waals surface area contributed by atoms with Gasteiger partial charge in [0.05, 0.1) is 0 Å². The Bertz CT molecular complexity index is 113. The van der Waals surface area contributed by atoms with Crippen LogP contribution in [0.3, 0.4) is 0 Å². The molecule has 0 aromatic carbocycles. The second-order valence-corrected chi connectivity index (χ2v) is 4.35. The molecule has 0 radical (unpaired) electrons. The van der Waals surface area contributed by atoms with Crippen LogP contribution in [0.4, 0.5) is 0 Å². The highest BCUT2D eigenvalue weighted by Gasteiger charge is 2.08. The molecule has 0 bridgehead atoms. The molecule has 2 nitrogen and oxygen atoms in total. The molecule has 0 aliphatic carbocycles. The molecule has 0 aromatic rings. The molecule has 0 saturated heterocycles. The van der Waals surface area contributed by atoms with Crippen LogP contribution in [0.5, 0.6) is 0 Å². The van der Waals surface area contributed by atoms with Crippen molar-refractivity contribution in [1.82, 2.24) is 4.90 Å². The first-order valence-corrected chi connectivity index (χ1v) is 5.52. The highest BCUT2D eigenvalue weighted by Crippen LogP contribution is 2.03. The normalized spacial score (nSPS) is 14.1. The summed E-state index contributed by atoms with van der Waals surface area (Å²) in [6.07, 6.45) is 3.70. The van der Waals surface area contributed by atoms with Crippen LogP contribution < -0.4 is 5.73 Å². The Kier molecular flexibility index (Phi) is 7.29. The van der Waals surface area contributed by atoms with E-state index in [4.69, 9.17) is 5.73 Å². The first kappa shape index (κ1) is 12.9. The molecule has 0 spiro atoms. The van der Waals surface area contributed by atoms with Gasteiger partial charge in [0, 0.05) is 6.04 Å². The number of nitrogens with two attached hydrogens (primary N) is 1. The predicted octanol–water partition coefficient (Wildman–Crippen LogP) is 2.09. The molecule has 13 heavy (non-hydrogen) atoms. The van der Waals surface area contributed by atoms with Gasteiger partial charge in [-0.1, -0.05) is 27.2 Å². The largest absolute Gasteiger partial charge is 0.327 e. The van der Waals surface area contributed by atoms with Crippen LogP contribution in [0.15, 0.2) is 0 Å². The van der Waals surface area contributed by atoms with E-state index in [1.54, 1.807) is 0 Å². The fourth-order valence-electron chi connectivity index (χ4n) is 1.24. The third-order valence-electron chi connectivity index (χ3n) is 2.59. The highest BCUT2D eigenvalue weighted by atomic mass is 15.1. The topological polar surface area (TPSA) is 29.3 Å². The van der Waals surface area contributed by atoms with Crippen LogP contribution >= 0.6 is 0 Å². The minimum atomic E-state index is 0.365. The standard InChI is InChI=1S/C11H26N2/c1-5-6-8-13(4)9-7-11(12)10(2)3/h10-11H,5-9,12H2,1-4H3/t11-/m0/s1. The second kappa shape index (κ2) is 7.34. The summed E-state index contributed by atoms with van der Waals surface area (Å²) in [5, 5.41) is 0. The van der Waals surface area contributed by atoms with Crippen LogP contribution in [0.1, 0.15) is 40.0 Å². The van der Waals surface area contributed by atoms with E-state index in [1.165, 1.54) is 19.4 Å². The molecule has 0 amide bonds. The Morgan fingerprint density at radius 1 is 1.23 bits per heavy atom. The van der Waals surface area contributed by atoms with E-state index in [0.717, 1.165) is 13.0 Å².